The molecule has 1 unspecified atom stereocenters. The molecular formula is C20H22N2O2. The Hall–Kier alpha value is -2.59. The van der Waals surface area contributed by atoms with E-state index in [4.69, 9.17) is 4.74 Å². The van der Waals surface area contributed by atoms with Crippen LogP contribution in [0.15, 0.2) is 66.9 Å². The number of rotatable bonds is 7. The molecular weight excluding hydrogens is 300 g/mol. The molecule has 1 atom stereocenters. The highest BCUT2D eigenvalue weighted by Crippen LogP contribution is 2.16. The molecule has 1 aromatic heterocycles. The molecule has 0 spiro atoms. The van der Waals surface area contributed by atoms with Crippen molar-refractivity contribution in [1.82, 2.24) is 9.88 Å². The van der Waals surface area contributed by atoms with Gasteiger partial charge in [-0.05, 0) is 23.1 Å². The first-order chi connectivity index (χ1) is 11.8. The Morgan fingerprint density at radius 3 is 2.62 bits per heavy atom. The molecule has 2 aromatic carbocycles. The zero-order valence-electron chi connectivity index (χ0n) is 13.8. The van der Waals surface area contributed by atoms with Gasteiger partial charge < -0.3 is 14.6 Å². The SMILES string of the molecule is COC(CNC(=O)CCn1ccc2ccccc21)c1ccccc1. The number of nitrogens with one attached hydrogen (secondary N) is 1. The normalized spacial score (nSPS) is 12.2. The van der Waals surface area contributed by atoms with Crippen molar-refractivity contribution in [3.8, 4) is 0 Å². The third-order valence-corrected chi connectivity index (χ3v) is 4.20. The maximum Gasteiger partial charge on any atom is 0.221 e. The zero-order valence-corrected chi connectivity index (χ0v) is 13.8. The number of benzene rings is 2. The van der Waals surface area contributed by atoms with E-state index in [1.54, 1.807) is 7.11 Å². The summed E-state index contributed by atoms with van der Waals surface area (Å²) in [7, 11) is 1.66. The molecule has 24 heavy (non-hydrogen) atoms. The van der Waals surface area contributed by atoms with Gasteiger partial charge in [-0.15, -0.1) is 0 Å². The van der Waals surface area contributed by atoms with Crippen molar-refractivity contribution in [2.75, 3.05) is 13.7 Å². The van der Waals surface area contributed by atoms with Crippen LogP contribution in [0.25, 0.3) is 10.9 Å². The van der Waals surface area contributed by atoms with Crippen LogP contribution in [0.2, 0.25) is 0 Å². The minimum Gasteiger partial charge on any atom is -0.375 e. The Kier molecular flexibility index (Phi) is 5.29. The molecule has 1 heterocycles. The first-order valence-electron chi connectivity index (χ1n) is 8.16. The van der Waals surface area contributed by atoms with Gasteiger partial charge in [0.05, 0.1) is 6.10 Å². The summed E-state index contributed by atoms with van der Waals surface area (Å²) in [4.78, 5) is 12.1. The zero-order chi connectivity index (χ0) is 16.8. The second kappa shape index (κ2) is 7.79. The lowest BCUT2D eigenvalue weighted by atomic mass is 10.1. The standard InChI is InChI=1S/C20H22N2O2/c1-24-19(17-8-3-2-4-9-17)15-21-20(23)12-14-22-13-11-16-7-5-6-10-18(16)22/h2-11,13,19H,12,14-15H2,1H3,(H,21,23). The van der Waals surface area contributed by atoms with Crippen molar-refractivity contribution in [2.45, 2.75) is 19.1 Å². The minimum atomic E-state index is -0.123. The van der Waals surface area contributed by atoms with E-state index in [0.717, 1.165) is 11.1 Å². The number of amides is 1. The van der Waals surface area contributed by atoms with E-state index >= 15 is 0 Å². The fourth-order valence-corrected chi connectivity index (χ4v) is 2.86. The molecule has 0 bridgehead atoms. The monoisotopic (exact) mass is 322 g/mol. The molecule has 3 aromatic rings. The van der Waals surface area contributed by atoms with E-state index in [2.05, 4.69) is 28.1 Å². The van der Waals surface area contributed by atoms with Crippen LogP contribution in [0.4, 0.5) is 0 Å². The molecule has 1 N–H and O–H groups in total. The van der Waals surface area contributed by atoms with Crippen molar-refractivity contribution in [1.29, 1.82) is 0 Å². The maximum atomic E-state index is 12.1. The smallest absolute Gasteiger partial charge is 0.221 e. The lowest BCUT2D eigenvalue weighted by molar-refractivity contribution is -0.121. The van der Waals surface area contributed by atoms with Gasteiger partial charge in [0.1, 0.15) is 0 Å². The molecule has 3 rings (SSSR count). The van der Waals surface area contributed by atoms with Crippen molar-refractivity contribution >= 4 is 16.8 Å². The molecule has 124 valence electrons. The predicted octanol–water partition coefficient (Wildman–Crippen LogP) is 3.54. The highest BCUT2D eigenvalue weighted by atomic mass is 16.5. The van der Waals surface area contributed by atoms with Gasteiger partial charge in [0.15, 0.2) is 0 Å². The summed E-state index contributed by atoms with van der Waals surface area (Å²) < 4.78 is 7.59. The maximum absolute atomic E-state index is 12.1. The van der Waals surface area contributed by atoms with E-state index in [-0.39, 0.29) is 12.0 Å². The second-order valence-corrected chi connectivity index (χ2v) is 5.76. The van der Waals surface area contributed by atoms with Crippen LogP contribution in [-0.4, -0.2) is 24.1 Å². The predicted molar refractivity (Wildman–Crippen MR) is 95.8 cm³/mol. The van der Waals surface area contributed by atoms with E-state index in [0.29, 0.717) is 19.5 Å². The number of methoxy groups -OCH3 is 1. The van der Waals surface area contributed by atoms with Crippen molar-refractivity contribution in [3.05, 3.63) is 72.4 Å². The van der Waals surface area contributed by atoms with Crippen molar-refractivity contribution < 1.29 is 9.53 Å². The quantitative estimate of drug-likeness (QED) is 0.723. The average Bonchev–Trinajstić information content (AvgIpc) is 3.04. The Balaban J connectivity index is 1.52. The summed E-state index contributed by atoms with van der Waals surface area (Å²) >= 11 is 0. The Bertz CT molecular complexity index is 796. The number of aromatic nitrogens is 1. The molecule has 0 radical (unpaired) electrons. The number of hydrogen-bond donors (Lipinski definition) is 1. The molecule has 4 heteroatoms. The largest absolute Gasteiger partial charge is 0.375 e. The van der Waals surface area contributed by atoms with Crippen LogP contribution in [0.1, 0.15) is 18.1 Å². The molecule has 0 aliphatic rings. The average molecular weight is 322 g/mol. The fraction of sp³-hybridized carbons (Fsp3) is 0.250. The summed E-state index contributed by atoms with van der Waals surface area (Å²) in [6, 6.07) is 20.2. The third-order valence-electron chi connectivity index (χ3n) is 4.20. The van der Waals surface area contributed by atoms with Gasteiger partial charge in [-0.1, -0.05) is 48.5 Å². The Morgan fingerprint density at radius 2 is 1.83 bits per heavy atom. The number of carbonyl (C=O) groups is 1. The van der Waals surface area contributed by atoms with Gasteiger partial charge in [0.25, 0.3) is 0 Å². The lowest BCUT2D eigenvalue weighted by Crippen LogP contribution is -2.29. The topological polar surface area (TPSA) is 43.3 Å². The van der Waals surface area contributed by atoms with Crippen molar-refractivity contribution in [2.24, 2.45) is 0 Å². The molecule has 4 nitrogen and oxygen atoms in total. The van der Waals surface area contributed by atoms with Gasteiger partial charge >= 0.3 is 0 Å². The number of aryl methyl sites for hydroxylation is 1. The van der Waals surface area contributed by atoms with Gasteiger partial charge in [-0.25, -0.2) is 0 Å². The number of ether oxygens (including phenoxy) is 1. The second-order valence-electron chi connectivity index (χ2n) is 5.76. The number of fused-ring (bicyclic) bond motifs is 1. The summed E-state index contributed by atoms with van der Waals surface area (Å²) in [5.74, 6) is 0.0331. The van der Waals surface area contributed by atoms with Crippen LogP contribution >= 0.6 is 0 Å². The summed E-state index contributed by atoms with van der Waals surface area (Å²) in [6.07, 6.45) is 2.35. The van der Waals surface area contributed by atoms with E-state index < -0.39 is 0 Å². The minimum absolute atomic E-state index is 0.0331. The lowest BCUT2D eigenvalue weighted by Gasteiger charge is -2.16. The van der Waals surface area contributed by atoms with Crippen molar-refractivity contribution in [3.63, 3.8) is 0 Å². The van der Waals surface area contributed by atoms with Gasteiger partial charge in [-0.3, -0.25) is 4.79 Å². The third kappa shape index (κ3) is 3.84. The fourth-order valence-electron chi connectivity index (χ4n) is 2.86. The molecule has 0 fully saturated rings. The highest BCUT2D eigenvalue weighted by molar-refractivity contribution is 5.80. The van der Waals surface area contributed by atoms with E-state index in [1.165, 1.54) is 5.39 Å². The molecule has 0 aliphatic carbocycles. The molecule has 0 saturated heterocycles. The number of carbonyl (C=O) groups excluding carboxylic acids is 1. The molecule has 0 saturated carbocycles. The summed E-state index contributed by atoms with van der Waals surface area (Å²) in [5, 5.41) is 4.16. The first-order valence-corrected chi connectivity index (χ1v) is 8.16. The Morgan fingerprint density at radius 1 is 1.08 bits per heavy atom. The van der Waals surface area contributed by atoms with E-state index in [1.807, 2.05) is 48.7 Å². The van der Waals surface area contributed by atoms with Gasteiger partial charge in [-0.2, -0.15) is 0 Å². The number of nitrogens with zero attached hydrogens (tertiary/aromatic N) is 1. The highest BCUT2D eigenvalue weighted by Gasteiger charge is 2.12. The molecule has 1 amide bonds. The van der Waals surface area contributed by atoms with E-state index in [9.17, 15) is 4.79 Å². The summed E-state index contributed by atoms with van der Waals surface area (Å²) in [5.41, 5.74) is 2.22. The van der Waals surface area contributed by atoms with Crippen LogP contribution in [-0.2, 0) is 16.1 Å². The number of para-hydroxylation sites is 1. The van der Waals surface area contributed by atoms with Gasteiger partial charge in [0.2, 0.25) is 5.91 Å². The van der Waals surface area contributed by atoms with Crippen LogP contribution in [0, 0.1) is 0 Å². The van der Waals surface area contributed by atoms with Crippen LogP contribution in [0.5, 0.6) is 0 Å². The molecule has 0 aliphatic heterocycles. The van der Waals surface area contributed by atoms with Crippen LogP contribution in [0.3, 0.4) is 0 Å². The van der Waals surface area contributed by atoms with Crippen LogP contribution < -0.4 is 5.32 Å². The Labute approximate surface area is 142 Å². The number of hydrogen-bond acceptors (Lipinski definition) is 2. The summed E-state index contributed by atoms with van der Waals surface area (Å²) in [6.45, 7) is 1.15. The van der Waals surface area contributed by atoms with Gasteiger partial charge in [0, 0.05) is 38.3 Å². The first kappa shape index (κ1) is 16.3.